The van der Waals surface area contributed by atoms with Crippen molar-refractivity contribution in [3.05, 3.63) is 46.5 Å². The van der Waals surface area contributed by atoms with Crippen molar-refractivity contribution in [3.8, 4) is 0 Å². The molecule has 14 heavy (non-hydrogen) atoms. The molecule has 0 aliphatic rings. The van der Waals surface area contributed by atoms with E-state index < -0.39 is 0 Å². The van der Waals surface area contributed by atoms with Gasteiger partial charge in [0.25, 0.3) is 0 Å². The Balaban J connectivity index is 2.96. The highest BCUT2D eigenvalue weighted by Gasteiger charge is 2.01. The summed E-state index contributed by atoms with van der Waals surface area (Å²) in [6.07, 6.45) is 5.12. The maximum Gasteiger partial charge on any atom is 0.142 e. The fourth-order valence-electron chi connectivity index (χ4n) is 1.77. The Morgan fingerprint density at radius 2 is 1.71 bits per heavy atom. The second-order valence-corrected chi connectivity index (χ2v) is 3.65. The van der Waals surface area contributed by atoms with Crippen LogP contribution in [0.15, 0.2) is 24.3 Å². The summed E-state index contributed by atoms with van der Waals surface area (Å²) in [6, 6.07) is 4.36. The third kappa shape index (κ3) is 2.56. The molecule has 0 N–H and O–H groups in total. The second kappa shape index (κ2) is 4.75. The predicted molar refractivity (Wildman–Crippen MR) is 59.6 cm³/mol. The van der Waals surface area contributed by atoms with Crippen molar-refractivity contribution in [1.82, 2.24) is 0 Å². The van der Waals surface area contributed by atoms with Crippen LogP contribution in [0.25, 0.3) is 0 Å². The van der Waals surface area contributed by atoms with Crippen molar-refractivity contribution in [2.24, 2.45) is 0 Å². The molecule has 1 nitrogen and oxygen atoms in total. The number of carbonyl (C=O) groups is 1. The number of rotatable bonds is 3. The fraction of sp³-hybridized carbons (Fsp3) is 0.308. The summed E-state index contributed by atoms with van der Waals surface area (Å²) in [5, 5.41) is 0. The van der Waals surface area contributed by atoms with Crippen LogP contribution in [0, 0.1) is 20.8 Å². The van der Waals surface area contributed by atoms with Gasteiger partial charge >= 0.3 is 0 Å². The van der Waals surface area contributed by atoms with E-state index in [1.54, 1.807) is 6.08 Å². The van der Waals surface area contributed by atoms with Gasteiger partial charge in [0.05, 0.1) is 0 Å². The highest BCUT2D eigenvalue weighted by Crippen LogP contribution is 2.16. The monoisotopic (exact) mass is 188 g/mol. The number of hydrogen-bond donors (Lipinski definition) is 0. The van der Waals surface area contributed by atoms with Gasteiger partial charge in [0.2, 0.25) is 0 Å². The average Bonchev–Trinajstić information content (AvgIpc) is 2.09. The summed E-state index contributed by atoms with van der Waals surface area (Å²) in [4.78, 5) is 10.1. The van der Waals surface area contributed by atoms with E-state index in [2.05, 4.69) is 32.9 Å². The van der Waals surface area contributed by atoms with E-state index in [4.69, 9.17) is 0 Å². The zero-order valence-corrected chi connectivity index (χ0v) is 9.00. The van der Waals surface area contributed by atoms with E-state index in [1.807, 2.05) is 6.08 Å². The summed E-state index contributed by atoms with van der Waals surface area (Å²) in [6.45, 7) is 6.33. The summed E-state index contributed by atoms with van der Waals surface area (Å²) < 4.78 is 0. The molecular formula is C13H16O. The number of hydrogen-bond acceptors (Lipinski definition) is 1. The minimum Gasteiger partial charge on any atom is -0.299 e. The van der Waals surface area contributed by atoms with E-state index in [0.29, 0.717) is 0 Å². The van der Waals surface area contributed by atoms with Gasteiger partial charge < -0.3 is 0 Å². The molecule has 0 radical (unpaired) electrons. The molecule has 0 amide bonds. The number of allylic oxidation sites excluding steroid dienone is 2. The Kier molecular flexibility index (Phi) is 3.63. The third-order valence-corrected chi connectivity index (χ3v) is 2.38. The van der Waals surface area contributed by atoms with Crippen LogP contribution in [-0.4, -0.2) is 6.29 Å². The number of aryl methyl sites for hydroxylation is 3. The zero-order chi connectivity index (χ0) is 10.6. The Morgan fingerprint density at radius 1 is 1.14 bits per heavy atom. The Labute approximate surface area is 85.5 Å². The second-order valence-electron chi connectivity index (χ2n) is 3.65. The smallest absolute Gasteiger partial charge is 0.142 e. The Hall–Kier alpha value is -1.37. The van der Waals surface area contributed by atoms with Crippen molar-refractivity contribution in [1.29, 1.82) is 0 Å². The highest BCUT2D eigenvalue weighted by molar-refractivity contribution is 5.64. The van der Waals surface area contributed by atoms with Gasteiger partial charge in [-0.15, -0.1) is 0 Å². The van der Waals surface area contributed by atoms with Crippen molar-refractivity contribution < 1.29 is 4.79 Å². The lowest BCUT2D eigenvalue weighted by molar-refractivity contribution is -0.104. The first kappa shape index (κ1) is 10.7. The molecular weight excluding hydrogens is 172 g/mol. The minimum absolute atomic E-state index is 0.818. The molecule has 0 aliphatic heterocycles. The highest BCUT2D eigenvalue weighted by atomic mass is 16.1. The lowest BCUT2D eigenvalue weighted by Crippen LogP contribution is -1.93. The average molecular weight is 188 g/mol. The minimum atomic E-state index is 0.818. The first-order valence-corrected chi connectivity index (χ1v) is 4.82. The van der Waals surface area contributed by atoms with Crippen LogP contribution >= 0.6 is 0 Å². The van der Waals surface area contributed by atoms with Crippen molar-refractivity contribution >= 4 is 6.29 Å². The van der Waals surface area contributed by atoms with Gasteiger partial charge in [-0.1, -0.05) is 23.8 Å². The van der Waals surface area contributed by atoms with Crippen molar-refractivity contribution in [2.75, 3.05) is 0 Å². The standard InChI is InChI=1S/C13H16O/c1-10-8-11(2)13(12(3)9-10)6-4-5-7-14/h4-5,7-9H,6H2,1-3H3/b5-4+. The number of carbonyl (C=O) groups excluding carboxylic acids is 1. The molecule has 0 aliphatic carbocycles. The van der Waals surface area contributed by atoms with Crippen LogP contribution in [0.2, 0.25) is 0 Å². The van der Waals surface area contributed by atoms with Gasteiger partial charge in [0.1, 0.15) is 6.29 Å². The zero-order valence-electron chi connectivity index (χ0n) is 9.00. The fourth-order valence-corrected chi connectivity index (χ4v) is 1.77. The van der Waals surface area contributed by atoms with E-state index in [-0.39, 0.29) is 0 Å². The largest absolute Gasteiger partial charge is 0.299 e. The molecule has 1 rings (SSSR count). The van der Waals surface area contributed by atoms with Crippen LogP contribution in [-0.2, 0) is 11.2 Å². The molecule has 0 heterocycles. The van der Waals surface area contributed by atoms with Crippen LogP contribution in [0.5, 0.6) is 0 Å². The van der Waals surface area contributed by atoms with E-state index in [9.17, 15) is 4.79 Å². The summed E-state index contributed by atoms with van der Waals surface area (Å²) in [5.41, 5.74) is 5.23. The van der Waals surface area contributed by atoms with Crippen molar-refractivity contribution in [2.45, 2.75) is 27.2 Å². The van der Waals surface area contributed by atoms with E-state index in [0.717, 1.165) is 12.7 Å². The summed E-state index contributed by atoms with van der Waals surface area (Å²) >= 11 is 0. The van der Waals surface area contributed by atoms with Gasteiger partial charge in [-0.25, -0.2) is 0 Å². The van der Waals surface area contributed by atoms with Crippen molar-refractivity contribution in [3.63, 3.8) is 0 Å². The maximum absolute atomic E-state index is 10.1. The van der Waals surface area contributed by atoms with Gasteiger partial charge in [-0.3, -0.25) is 4.79 Å². The topological polar surface area (TPSA) is 17.1 Å². The van der Waals surface area contributed by atoms with E-state index >= 15 is 0 Å². The van der Waals surface area contributed by atoms with Gasteiger partial charge in [-0.2, -0.15) is 0 Å². The van der Waals surface area contributed by atoms with Gasteiger partial charge in [0, 0.05) is 0 Å². The molecule has 0 aromatic heterocycles. The molecule has 0 fully saturated rings. The quantitative estimate of drug-likeness (QED) is 0.526. The molecule has 0 unspecified atom stereocenters. The molecule has 0 spiro atoms. The maximum atomic E-state index is 10.1. The normalized spacial score (nSPS) is 10.8. The summed E-state index contributed by atoms with van der Waals surface area (Å²) in [5.74, 6) is 0. The molecule has 0 bridgehead atoms. The van der Waals surface area contributed by atoms with Gasteiger partial charge in [0.15, 0.2) is 0 Å². The lowest BCUT2D eigenvalue weighted by Gasteiger charge is -2.08. The Morgan fingerprint density at radius 3 is 2.21 bits per heavy atom. The molecule has 1 aromatic carbocycles. The first-order valence-electron chi connectivity index (χ1n) is 4.82. The SMILES string of the molecule is Cc1cc(C)c(C/C=C/C=O)c(C)c1. The molecule has 0 atom stereocenters. The van der Waals surface area contributed by atoms with Crippen LogP contribution in [0.4, 0.5) is 0 Å². The molecule has 1 aromatic rings. The molecule has 0 saturated carbocycles. The molecule has 74 valence electrons. The first-order chi connectivity index (χ1) is 6.65. The Bertz CT molecular complexity index is 338. The summed E-state index contributed by atoms with van der Waals surface area (Å²) in [7, 11) is 0. The third-order valence-electron chi connectivity index (χ3n) is 2.38. The van der Waals surface area contributed by atoms with Gasteiger partial charge in [-0.05, 0) is 50.0 Å². The number of aldehydes is 1. The predicted octanol–water partition coefficient (Wildman–Crippen LogP) is 2.91. The molecule has 1 heteroatoms. The van der Waals surface area contributed by atoms with Crippen LogP contribution in [0.3, 0.4) is 0 Å². The van der Waals surface area contributed by atoms with E-state index in [1.165, 1.54) is 22.3 Å². The molecule has 0 saturated heterocycles. The number of benzene rings is 1. The van der Waals surface area contributed by atoms with Crippen LogP contribution < -0.4 is 0 Å². The lowest BCUT2D eigenvalue weighted by atomic mass is 9.97. The van der Waals surface area contributed by atoms with Crippen LogP contribution in [0.1, 0.15) is 22.3 Å².